The minimum atomic E-state index is -6.03. The maximum Gasteiger partial charge on any atom is 0.525 e. The van der Waals surface area contributed by atoms with E-state index in [9.17, 15) is 31.2 Å². The zero-order valence-corrected chi connectivity index (χ0v) is 10.5. The molecule has 1 saturated carbocycles. The molecule has 10 heteroatoms. The lowest BCUT2D eigenvalue weighted by molar-refractivity contribution is -0.169. The molecule has 3 aliphatic rings. The van der Waals surface area contributed by atoms with Crippen molar-refractivity contribution in [2.75, 3.05) is 0 Å². The Labute approximate surface area is 111 Å². The minimum Gasteiger partial charge on any atom is -0.272 e. The summed E-state index contributed by atoms with van der Waals surface area (Å²) in [7, 11) is -6.03. The van der Waals surface area contributed by atoms with Crippen molar-refractivity contribution in [3.63, 3.8) is 0 Å². The Bertz CT molecular complexity index is 595. The zero-order valence-electron chi connectivity index (χ0n) is 9.70. The SMILES string of the molecule is O=C1C2[C@@H]3C=C[C@H](C3)[C@@H]2C(=O)N1OS(=O)(=O)C(F)(F)F. The summed E-state index contributed by atoms with van der Waals surface area (Å²) in [6, 6.07) is 0. The summed E-state index contributed by atoms with van der Waals surface area (Å²) in [6.45, 7) is 0. The summed E-state index contributed by atoms with van der Waals surface area (Å²) in [5.74, 6) is -4.18. The van der Waals surface area contributed by atoms with E-state index in [4.69, 9.17) is 0 Å². The number of imide groups is 1. The van der Waals surface area contributed by atoms with Crippen LogP contribution in [0.2, 0.25) is 0 Å². The smallest absolute Gasteiger partial charge is 0.272 e. The Balaban J connectivity index is 1.88. The number of allylic oxidation sites excluding steroid dienone is 2. The van der Waals surface area contributed by atoms with Crippen LogP contribution in [0.3, 0.4) is 0 Å². The molecule has 1 saturated heterocycles. The molecule has 2 fully saturated rings. The lowest BCUT2D eigenvalue weighted by Crippen LogP contribution is -2.39. The molecule has 0 aromatic carbocycles. The first-order valence-electron chi connectivity index (χ1n) is 5.70. The number of hydrogen-bond donors (Lipinski definition) is 0. The molecule has 6 nitrogen and oxygen atoms in total. The minimum absolute atomic E-state index is 0.246. The van der Waals surface area contributed by atoms with Gasteiger partial charge in [0.1, 0.15) is 0 Å². The molecule has 2 bridgehead atoms. The summed E-state index contributed by atoms with van der Waals surface area (Å²) in [4.78, 5) is 23.8. The topological polar surface area (TPSA) is 80.8 Å². The van der Waals surface area contributed by atoms with Crippen LogP contribution in [0.4, 0.5) is 13.2 Å². The molecule has 110 valence electrons. The van der Waals surface area contributed by atoms with Gasteiger partial charge < -0.3 is 0 Å². The van der Waals surface area contributed by atoms with Crippen LogP contribution in [0.25, 0.3) is 0 Å². The Kier molecular flexibility index (Phi) is 2.59. The number of nitrogens with zero attached hydrogens (tertiary/aromatic N) is 1. The Morgan fingerprint density at radius 3 is 1.95 bits per heavy atom. The molecule has 0 aromatic heterocycles. The fraction of sp³-hybridized carbons (Fsp3) is 0.600. The van der Waals surface area contributed by atoms with Crippen LogP contribution in [0, 0.1) is 23.7 Å². The number of carbonyl (C=O) groups excluding carboxylic acids is 2. The van der Waals surface area contributed by atoms with Gasteiger partial charge in [-0.05, 0) is 18.3 Å². The molecular formula is C10H8F3NO5S. The first kappa shape index (κ1) is 13.6. The second-order valence-corrected chi connectivity index (χ2v) is 6.47. The summed E-state index contributed by atoms with van der Waals surface area (Å²) in [6.07, 6.45) is 4.02. The lowest BCUT2D eigenvalue weighted by Gasteiger charge is -2.16. The highest BCUT2D eigenvalue weighted by atomic mass is 32.2. The number of halogens is 3. The first-order chi connectivity index (χ1) is 9.13. The van der Waals surface area contributed by atoms with Crippen LogP contribution in [0.15, 0.2) is 12.2 Å². The van der Waals surface area contributed by atoms with Gasteiger partial charge in [-0.3, -0.25) is 9.59 Å². The van der Waals surface area contributed by atoms with Crippen LogP contribution >= 0.6 is 0 Å². The molecular weight excluding hydrogens is 303 g/mol. The average Bonchev–Trinajstić information content (AvgIpc) is 2.97. The van der Waals surface area contributed by atoms with Crippen molar-refractivity contribution in [1.29, 1.82) is 0 Å². The monoisotopic (exact) mass is 311 g/mol. The predicted octanol–water partition coefficient (Wildman–Crippen LogP) is 0.575. The number of alkyl halides is 3. The van der Waals surface area contributed by atoms with Gasteiger partial charge in [0.2, 0.25) is 0 Å². The second-order valence-electron chi connectivity index (χ2n) is 4.95. The van der Waals surface area contributed by atoms with Crippen LogP contribution < -0.4 is 0 Å². The highest BCUT2D eigenvalue weighted by molar-refractivity contribution is 7.87. The molecule has 1 aliphatic heterocycles. The third-order valence-electron chi connectivity index (χ3n) is 3.89. The lowest BCUT2D eigenvalue weighted by atomic mass is 9.85. The molecule has 20 heavy (non-hydrogen) atoms. The van der Waals surface area contributed by atoms with E-state index in [1.165, 1.54) is 0 Å². The van der Waals surface area contributed by atoms with Crippen LogP contribution in [-0.2, 0) is 24.0 Å². The third kappa shape index (κ3) is 1.64. The average molecular weight is 311 g/mol. The number of carbonyl (C=O) groups is 2. The number of rotatable bonds is 2. The van der Waals surface area contributed by atoms with E-state index >= 15 is 0 Å². The van der Waals surface area contributed by atoms with Gasteiger partial charge in [0, 0.05) is 0 Å². The molecule has 1 heterocycles. The van der Waals surface area contributed by atoms with Crippen LogP contribution in [0.5, 0.6) is 0 Å². The Morgan fingerprint density at radius 1 is 1.10 bits per heavy atom. The van der Waals surface area contributed by atoms with E-state index in [1.807, 2.05) is 0 Å². The maximum atomic E-state index is 12.2. The highest BCUT2D eigenvalue weighted by Gasteiger charge is 2.62. The van der Waals surface area contributed by atoms with Gasteiger partial charge in [0.05, 0.1) is 11.8 Å². The fourth-order valence-electron chi connectivity index (χ4n) is 3.09. The van der Waals surface area contributed by atoms with Gasteiger partial charge in [-0.2, -0.15) is 21.6 Å². The van der Waals surface area contributed by atoms with Crippen molar-refractivity contribution >= 4 is 21.9 Å². The molecule has 2 aliphatic carbocycles. The summed E-state index contributed by atoms with van der Waals surface area (Å²) in [5, 5.41) is -0.246. The molecule has 2 amide bonds. The standard InChI is InChI=1S/C10H8F3NO5S/c11-10(12,13)20(17,18)19-14-8(15)6-4-1-2-5(3-4)7(6)9(14)16/h1-2,4-7H,3H2/t4-,5-,6+,7?/m1/s1. The predicted molar refractivity (Wildman–Crippen MR) is 55.6 cm³/mol. The normalized spacial score (nSPS) is 36.0. The van der Waals surface area contributed by atoms with Crippen LogP contribution in [0.1, 0.15) is 6.42 Å². The third-order valence-corrected chi connectivity index (χ3v) is 4.80. The van der Waals surface area contributed by atoms with Crippen molar-refractivity contribution in [2.24, 2.45) is 23.7 Å². The quantitative estimate of drug-likeness (QED) is 0.423. The van der Waals surface area contributed by atoms with Crippen molar-refractivity contribution in [3.05, 3.63) is 12.2 Å². The summed E-state index contributed by atoms with van der Waals surface area (Å²) < 4.78 is 62.1. The Morgan fingerprint density at radius 2 is 1.55 bits per heavy atom. The molecule has 0 N–H and O–H groups in total. The number of hydrogen-bond acceptors (Lipinski definition) is 5. The van der Waals surface area contributed by atoms with Crippen LogP contribution in [-0.4, -0.2) is 30.8 Å². The largest absolute Gasteiger partial charge is 0.525 e. The summed E-state index contributed by atoms with van der Waals surface area (Å²) in [5.41, 5.74) is -5.69. The van der Waals surface area contributed by atoms with Gasteiger partial charge in [-0.1, -0.05) is 12.2 Å². The number of hydroxylamine groups is 2. The van der Waals surface area contributed by atoms with E-state index < -0.39 is 39.3 Å². The van der Waals surface area contributed by atoms with E-state index in [0.29, 0.717) is 6.42 Å². The van der Waals surface area contributed by atoms with Crippen molar-refractivity contribution < 1.29 is 35.5 Å². The van der Waals surface area contributed by atoms with Gasteiger partial charge >= 0.3 is 15.6 Å². The molecule has 0 aromatic rings. The maximum absolute atomic E-state index is 12.2. The van der Waals surface area contributed by atoms with Gasteiger partial charge in [-0.15, -0.1) is 9.35 Å². The van der Waals surface area contributed by atoms with Crippen molar-refractivity contribution in [1.82, 2.24) is 5.06 Å². The van der Waals surface area contributed by atoms with Gasteiger partial charge in [-0.25, -0.2) is 0 Å². The number of amides is 2. The van der Waals surface area contributed by atoms with Crippen molar-refractivity contribution in [2.45, 2.75) is 11.9 Å². The second kappa shape index (κ2) is 3.82. The van der Waals surface area contributed by atoms with E-state index in [2.05, 4.69) is 4.28 Å². The number of fused-ring (bicyclic) bond motifs is 5. The molecule has 3 rings (SSSR count). The van der Waals surface area contributed by atoms with E-state index in [-0.39, 0.29) is 16.9 Å². The summed E-state index contributed by atoms with van der Waals surface area (Å²) >= 11 is 0. The molecule has 4 atom stereocenters. The Hall–Kier alpha value is -1.42. The van der Waals surface area contributed by atoms with E-state index in [0.717, 1.165) is 0 Å². The molecule has 0 spiro atoms. The fourth-order valence-corrected chi connectivity index (χ4v) is 3.52. The first-order valence-corrected chi connectivity index (χ1v) is 7.11. The molecule has 0 radical (unpaired) electrons. The molecule has 1 unspecified atom stereocenters. The van der Waals surface area contributed by atoms with Gasteiger partial charge in [0.25, 0.3) is 11.8 Å². The van der Waals surface area contributed by atoms with Crippen molar-refractivity contribution in [3.8, 4) is 0 Å². The zero-order chi connectivity index (χ0) is 14.9. The van der Waals surface area contributed by atoms with Gasteiger partial charge in [0.15, 0.2) is 0 Å². The van der Waals surface area contributed by atoms with E-state index in [1.54, 1.807) is 12.2 Å². The highest BCUT2D eigenvalue weighted by Crippen LogP contribution is 2.52.